The highest BCUT2D eigenvalue weighted by Gasteiger charge is 2.18. The molecule has 2 aromatic rings. The Kier molecular flexibility index (Phi) is 7.61. The predicted octanol–water partition coefficient (Wildman–Crippen LogP) is 2.84. The number of carbonyl (C=O) groups is 1. The summed E-state index contributed by atoms with van der Waals surface area (Å²) in [5.74, 6) is -0.499. The highest BCUT2D eigenvalue weighted by molar-refractivity contribution is 5.93. The lowest BCUT2D eigenvalue weighted by atomic mass is 10.1. The zero-order chi connectivity index (χ0) is 21.4. The van der Waals surface area contributed by atoms with E-state index < -0.39 is 15.8 Å². The second-order valence-corrected chi connectivity index (χ2v) is 6.25. The van der Waals surface area contributed by atoms with Crippen LogP contribution >= 0.6 is 0 Å². The van der Waals surface area contributed by atoms with Crippen LogP contribution in [0.5, 0.6) is 5.75 Å². The van der Waals surface area contributed by atoms with Gasteiger partial charge in [0.15, 0.2) is 0 Å². The maximum atomic E-state index is 11.9. The number of likely N-dealkylation sites (N-methyl/N-ethyl adjacent to an activating group) is 1. The molecule has 0 N–H and O–H groups in total. The molecular weight excluding hydrogens is 382 g/mol. The highest BCUT2D eigenvalue weighted by atomic mass is 16.6. The molecule has 0 aliphatic carbocycles. The molecule has 2 rings (SSSR count). The highest BCUT2D eigenvalue weighted by Crippen LogP contribution is 2.25. The molecule has 0 aliphatic rings. The molecule has 0 unspecified atom stereocenters. The molecule has 0 spiro atoms. The minimum atomic E-state index is -0.713. The van der Waals surface area contributed by atoms with Gasteiger partial charge in [0.1, 0.15) is 17.9 Å². The molecule has 154 valence electrons. The van der Waals surface area contributed by atoms with Gasteiger partial charge in [-0.25, -0.2) is 4.79 Å². The van der Waals surface area contributed by atoms with Crippen molar-refractivity contribution in [3.8, 4) is 5.75 Å². The smallest absolute Gasteiger partial charge is 0.341 e. The Bertz CT molecular complexity index is 884. The molecule has 0 aromatic heterocycles. The largest absolute Gasteiger partial charge is 0.491 e. The van der Waals surface area contributed by atoms with Crippen LogP contribution in [0.3, 0.4) is 0 Å². The standard InChI is InChI=1S/C19H21N3O7/c1-20(10-9-14-3-5-15(6-4-14)21(24)25)11-12-29-18-8-7-16(22(26)27)13-17(18)19(23)28-2/h3-8,13H,9-12H2,1-2H3. The summed E-state index contributed by atoms with van der Waals surface area (Å²) in [5.41, 5.74) is 0.805. The fourth-order valence-corrected chi connectivity index (χ4v) is 2.55. The van der Waals surface area contributed by atoms with Crippen molar-refractivity contribution < 1.29 is 24.1 Å². The zero-order valence-corrected chi connectivity index (χ0v) is 16.1. The van der Waals surface area contributed by atoms with Crippen molar-refractivity contribution in [1.82, 2.24) is 4.90 Å². The number of non-ortho nitro benzene ring substituents is 2. The van der Waals surface area contributed by atoms with Gasteiger partial charge in [-0.15, -0.1) is 0 Å². The Morgan fingerprint density at radius 1 is 1.00 bits per heavy atom. The lowest BCUT2D eigenvalue weighted by Gasteiger charge is -2.17. The number of hydrogen-bond acceptors (Lipinski definition) is 8. The second kappa shape index (κ2) is 10.1. The van der Waals surface area contributed by atoms with Crippen LogP contribution in [0.1, 0.15) is 15.9 Å². The van der Waals surface area contributed by atoms with Crippen molar-refractivity contribution in [3.05, 3.63) is 73.8 Å². The summed E-state index contributed by atoms with van der Waals surface area (Å²) in [6.07, 6.45) is 0.708. The molecule has 29 heavy (non-hydrogen) atoms. The van der Waals surface area contributed by atoms with Gasteiger partial charge in [0.25, 0.3) is 11.4 Å². The number of nitro benzene ring substituents is 2. The number of benzene rings is 2. The summed E-state index contributed by atoms with van der Waals surface area (Å²) < 4.78 is 10.3. The molecule has 0 amide bonds. The van der Waals surface area contributed by atoms with E-state index in [1.54, 1.807) is 12.1 Å². The molecule has 0 heterocycles. The van der Waals surface area contributed by atoms with E-state index in [1.165, 1.54) is 31.4 Å². The first-order valence-electron chi connectivity index (χ1n) is 8.73. The molecule has 0 bridgehead atoms. The van der Waals surface area contributed by atoms with Crippen molar-refractivity contribution in [1.29, 1.82) is 0 Å². The number of carbonyl (C=O) groups excluding carboxylic acids is 1. The Morgan fingerprint density at radius 3 is 2.21 bits per heavy atom. The van der Waals surface area contributed by atoms with Crippen LogP contribution in [0.15, 0.2) is 42.5 Å². The summed E-state index contributed by atoms with van der Waals surface area (Å²) in [4.78, 5) is 34.4. The van der Waals surface area contributed by atoms with Gasteiger partial charge in [0.2, 0.25) is 0 Å². The molecule has 0 aliphatic heterocycles. The van der Waals surface area contributed by atoms with Crippen molar-refractivity contribution >= 4 is 17.3 Å². The van der Waals surface area contributed by atoms with Gasteiger partial charge in [-0.3, -0.25) is 20.2 Å². The number of nitro groups is 2. The van der Waals surface area contributed by atoms with Gasteiger partial charge in [-0.2, -0.15) is 0 Å². The Balaban J connectivity index is 1.87. The minimum Gasteiger partial charge on any atom is -0.491 e. The normalized spacial score (nSPS) is 10.6. The van der Waals surface area contributed by atoms with Crippen molar-refractivity contribution in [2.45, 2.75) is 6.42 Å². The number of hydrogen-bond donors (Lipinski definition) is 0. The van der Waals surface area contributed by atoms with Gasteiger partial charge >= 0.3 is 5.97 Å². The molecule has 0 radical (unpaired) electrons. The van der Waals surface area contributed by atoms with Crippen LogP contribution in [-0.4, -0.2) is 54.6 Å². The molecule has 2 aromatic carbocycles. The molecule has 0 saturated heterocycles. The monoisotopic (exact) mass is 403 g/mol. The Hall–Kier alpha value is -3.53. The fraction of sp³-hybridized carbons (Fsp3) is 0.316. The molecule has 0 atom stereocenters. The van der Waals surface area contributed by atoms with E-state index >= 15 is 0 Å². The number of ether oxygens (including phenoxy) is 2. The van der Waals surface area contributed by atoms with Crippen LogP contribution in [-0.2, 0) is 11.2 Å². The number of nitrogens with zero attached hydrogens (tertiary/aromatic N) is 3. The van der Waals surface area contributed by atoms with Crippen LogP contribution in [0, 0.1) is 20.2 Å². The number of esters is 1. The lowest BCUT2D eigenvalue weighted by Crippen LogP contribution is -2.26. The molecule has 0 saturated carbocycles. The van der Waals surface area contributed by atoms with Gasteiger partial charge in [-0.1, -0.05) is 12.1 Å². The number of methoxy groups -OCH3 is 1. The summed E-state index contributed by atoms with van der Waals surface area (Å²) in [6, 6.07) is 10.2. The summed E-state index contributed by atoms with van der Waals surface area (Å²) >= 11 is 0. The van der Waals surface area contributed by atoms with Crippen LogP contribution in [0.2, 0.25) is 0 Å². The predicted molar refractivity (Wildman–Crippen MR) is 104 cm³/mol. The summed E-state index contributed by atoms with van der Waals surface area (Å²) in [5, 5.41) is 21.6. The van der Waals surface area contributed by atoms with Gasteiger partial charge in [0.05, 0.1) is 17.0 Å². The topological polar surface area (TPSA) is 125 Å². The van der Waals surface area contributed by atoms with E-state index in [-0.39, 0.29) is 29.3 Å². The van der Waals surface area contributed by atoms with Crippen molar-refractivity contribution in [2.24, 2.45) is 0 Å². The van der Waals surface area contributed by atoms with E-state index in [2.05, 4.69) is 4.74 Å². The van der Waals surface area contributed by atoms with Gasteiger partial charge < -0.3 is 14.4 Å². The third-order valence-corrected chi connectivity index (χ3v) is 4.24. The van der Waals surface area contributed by atoms with E-state index in [0.717, 1.165) is 11.6 Å². The van der Waals surface area contributed by atoms with E-state index in [1.807, 2.05) is 11.9 Å². The summed E-state index contributed by atoms with van der Waals surface area (Å²) in [6.45, 7) is 1.51. The van der Waals surface area contributed by atoms with E-state index in [4.69, 9.17) is 4.74 Å². The third-order valence-electron chi connectivity index (χ3n) is 4.24. The van der Waals surface area contributed by atoms with E-state index in [9.17, 15) is 25.0 Å². The average Bonchev–Trinajstić information content (AvgIpc) is 2.72. The third kappa shape index (κ3) is 6.25. The quantitative estimate of drug-likeness (QED) is 0.337. The zero-order valence-electron chi connectivity index (χ0n) is 16.1. The first-order valence-corrected chi connectivity index (χ1v) is 8.73. The van der Waals surface area contributed by atoms with E-state index in [0.29, 0.717) is 19.5 Å². The molecule has 10 nitrogen and oxygen atoms in total. The molecule has 0 fully saturated rings. The average molecular weight is 403 g/mol. The fourth-order valence-electron chi connectivity index (χ4n) is 2.55. The SMILES string of the molecule is COC(=O)c1cc([N+](=O)[O-])ccc1OCCN(C)CCc1ccc([N+](=O)[O-])cc1. The first kappa shape index (κ1) is 21.8. The van der Waals surface area contributed by atoms with Gasteiger partial charge in [0, 0.05) is 37.4 Å². The van der Waals surface area contributed by atoms with Crippen molar-refractivity contribution in [3.63, 3.8) is 0 Å². The first-order chi connectivity index (χ1) is 13.8. The maximum absolute atomic E-state index is 11.9. The second-order valence-electron chi connectivity index (χ2n) is 6.25. The van der Waals surface area contributed by atoms with Crippen LogP contribution in [0.25, 0.3) is 0 Å². The summed E-state index contributed by atoms with van der Waals surface area (Å²) in [7, 11) is 3.09. The Morgan fingerprint density at radius 2 is 1.62 bits per heavy atom. The minimum absolute atomic E-state index is 0.00441. The molecule has 10 heteroatoms. The lowest BCUT2D eigenvalue weighted by molar-refractivity contribution is -0.385. The number of rotatable bonds is 10. The van der Waals surface area contributed by atoms with Gasteiger partial charge in [-0.05, 0) is 25.1 Å². The van der Waals surface area contributed by atoms with Crippen LogP contribution in [0.4, 0.5) is 11.4 Å². The Labute approximate surface area is 166 Å². The van der Waals surface area contributed by atoms with Crippen molar-refractivity contribution in [2.75, 3.05) is 33.9 Å². The van der Waals surface area contributed by atoms with Crippen LogP contribution < -0.4 is 4.74 Å². The maximum Gasteiger partial charge on any atom is 0.341 e. The molecular formula is C19H21N3O7.